The molecule has 0 aromatic carbocycles. The zero-order valence-corrected chi connectivity index (χ0v) is 21.9. The molecule has 0 atom stereocenters. The normalized spacial score (nSPS) is 13.5. The highest BCUT2D eigenvalue weighted by molar-refractivity contribution is 7.80. The second kappa shape index (κ2) is 10.7. The number of amides is 1. The number of alkyl halides is 3. The smallest absolute Gasteiger partial charge is 0.436 e. The molecule has 1 amide bonds. The Morgan fingerprint density at radius 1 is 1.34 bits per heavy atom. The van der Waals surface area contributed by atoms with Gasteiger partial charge in [-0.2, -0.15) is 18.3 Å². The van der Waals surface area contributed by atoms with Crippen molar-refractivity contribution in [1.29, 1.82) is 0 Å². The van der Waals surface area contributed by atoms with Crippen LogP contribution in [0.4, 0.5) is 18.2 Å². The topological polar surface area (TPSA) is 88.5 Å². The minimum Gasteiger partial charge on any atom is -0.465 e. The Labute approximate surface area is 214 Å². The first-order chi connectivity index (χ1) is 16.4. The van der Waals surface area contributed by atoms with Gasteiger partial charge in [0.05, 0.1) is 28.3 Å². The third-order valence-corrected chi connectivity index (χ3v) is 7.17. The van der Waals surface area contributed by atoms with Crippen LogP contribution in [0.25, 0.3) is 0 Å². The highest BCUT2D eigenvalue weighted by Crippen LogP contribution is 2.46. The molecule has 1 aliphatic rings. The van der Waals surface area contributed by atoms with Crippen LogP contribution in [0.2, 0.25) is 5.02 Å². The van der Waals surface area contributed by atoms with Gasteiger partial charge in [-0.15, -0.1) is 11.3 Å². The van der Waals surface area contributed by atoms with E-state index in [2.05, 4.69) is 15.7 Å². The van der Waals surface area contributed by atoms with E-state index in [0.29, 0.717) is 34.1 Å². The summed E-state index contributed by atoms with van der Waals surface area (Å²) < 4.78 is 45.8. The molecule has 8 nitrogen and oxygen atoms in total. The van der Waals surface area contributed by atoms with Crippen molar-refractivity contribution in [2.45, 2.75) is 44.8 Å². The molecule has 0 radical (unpaired) electrons. The summed E-state index contributed by atoms with van der Waals surface area (Å²) >= 11 is 12.4. The summed E-state index contributed by atoms with van der Waals surface area (Å²) in [6.07, 6.45) is -2.61. The molecule has 14 heteroatoms. The van der Waals surface area contributed by atoms with Crippen LogP contribution in [-0.2, 0) is 17.5 Å². The first-order valence-corrected chi connectivity index (χ1v) is 12.3. The number of thiophene rings is 1. The zero-order valence-electron chi connectivity index (χ0n) is 19.5. The van der Waals surface area contributed by atoms with E-state index in [-0.39, 0.29) is 34.1 Å². The number of thiocarbonyl (C=S) groups is 1. The number of carbonyl (C=O) groups is 2. The number of hydrogen-bond donors (Lipinski definition) is 2. The van der Waals surface area contributed by atoms with Gasteiger partial charge < -0.3 is 20.3 Å². The molecule has 0 spiro atoms. The molecule has 2 aromatic rings. The van der Waals surface area contributed by atoms with Crippen molar-refractivity contribution >= 4 is 57.1 Å². The number of esters is 1. The highest BCUT2D eigenvalue weighted by atomic mass is 35.5. The van der Waals surface area contributed by atoms with E-state index in [1.807, 2.05) is 0 Å². The molecule has 192 valence electrons. The van der Waals surface area contributed by atoms with E-state index in [1.165, 1.54) is 16.7 Å². The minimum absolute atomic E-state index is 0.000292. The predicted octanol–water partition coefficient (Wildman–Crippen LogP) is 4.67. The molecule has 0 saturated heterocycles. The molecule has 1 aliphatic carbocycles. The van der Waals surface area contributed by atoms with Crippen molar-refractivity contribution in [3.05, 3.63) is 32.4 Å². The van der Waals surface area contributed by atoms with Gasteiger partial charge in [0, 0.05) is 33.1 Å². The third-order valence-electron chi connectivity index (χ3n) is 5.36. The average Bonchev–Trinajstić information content (AvgIpc) is 3.48. The number of methoxy groups -OCH3 is 1. The second-order valence-electron chi connectivity index (χ2n) is 8.23. The summed E-state index contributed by atoms with van der Waals surface area (Å²) in [5, 5.41) is 9.83. The lowest BCUT2D eigenvalue weighted by molar-refractivity contribution is -0.141. The fourth-order valence-corrected chi connectivity index (χ4v) is 5.37. The summed E-state index contributed by atoms with van der Waals surface area (Å²) in [6, 6.07) is 0. The molecule has 3 rings (SSSR count). The van der Waals surface area contributed by atoms with E-state index in [0.717, 1.165) is 24.2 Å². The van der Waals surface area contributed by atoms with Crippen LogP contribution in [0.15, 0.2) is 0 Å². The van der Waals surface area contributed by atoms with Gasteiger partial charge in [0.1, 0.15) is 5.00 Å². The number of halogens is 4. The van der Waals surface area contributed by atoms with E-state index >= 15 is 0 Å². The van der Waals surface area contributed by atoms with Crippen molar-refractivity contribution in [3.8, 4) is 0 Å². The van der Waals surface area contributed by atoms with Gasteiger partial charge >= 0.3 is 12.1 Å². The number of nitrogens with zero attached hydrogens (tertiary/aromatic N) is 3. The Morgan fingerprint density at radius 3 is 2.54 bits per heavy atom. The van der Waals surface area contributed by atoms with Crippen LogP contribution in [0.3, 0.4) is 0 Å². The van der Waals surface area contributed by atoms with E-state index in [4.69, 9.17) is 28.6 Å². The van der Waals surface area contributed by atoms with Crippen molar-refractivity contribution in [2.24, 2.45) is 0 Å². The fraction of sp³-hybridized carbons (Fsp3) is 0.524. The van der Waals surface area contributed by atoms with Crippen molar-refractivity contribution in [1.82, 2.24) is 20.0 Å². The maximum absolute atomic E-state index is 13.2. The third kappa shape index (κ3) is 6.07. The lowest BCUT2D eigenvalue weighted by atomic mass is 10.1. The van der Waals surface area contributed by atoms with Gasteiger partial charge in [-0.3, -0.25) is 9.48 Å². The molecule has 0 bridgehead atoms. The van der Waals surface area contributed by atoms with Gasteiger partial charge in [0.2, 0.25) is 0 Å². The summed E-state index contributed by atoms with van der Waals surface area (Å²) in [7, 11) is 4.46. The molecule has 1 saturated carbocycles. The Hall–Kier alpha value is -2.38. The van der Waals surface area contributed by atoms with Crippen molar-refractivity contribution in [3.63, 3.8) is 0 Å². The minimum atomic E-state index is -4.61. The predicted molar refractivity (Wildman–Crippen MR) is 131 cm³/mol. The van der Waals surface area contributed by atoms with E-state index in [1.54, 1.807) is 21.0 Å². The first kappa shape index (κ1) is 27.2. The zero-order chi connectivity index (χ0) is 26.1. The van der Waals surface area contributed by atoms with Crippen LogP contribution in [0.1, 0.15) is 62.2 Å². The lowest BCUT2D eigenvalue weighted by Crippen LogP contribution is -2.30. The molecular formula is C21H25ClF3N5O3S2. The number of hydrogen-bond acceptors (Lipinski definition) is 6. The number of ether oxygens (including phenoxy) is 1. The average molecular weight is 552 g/mol. The number of aromatic nitrogens is 2. The lowest BCUT2D eigenvalue weighted by Gasteiger charge is -2.11. The summed E-state index contributed by atoms with van der Waals surface area (Å²) in [4.78, 5) is 26.6. The molecular weight excluding hydrogens is 527 g/mol. The number of anilines is 1. The van der Waals surface area contributed by atoms with E-state index < -0.39 is 17.8 Å². The van der Waals surface area contributed by atoms with Crippen LogP contribution in [0.5, 0.6) is 0 Å². The number of nitrogens with one attached hydrogen (secondary N) is 2. The second-order valence-corrected chi connectivity index (χ2v) is 10.0. The number of aryl methyl sites for hydroxylation is 1. The Balaban J connectivity index is 1.64. The summed E-state index contributed by atoms with van der Waals surface area (Å²) in [6.45, 7) is 2.21. The molecule has 2 heterocycles. The molecule has 1 fully saturated rings. The maximum Gasteiger partial charge on any atom is 0.436 e. The quantitative estimate of drug-likeness (QED) is 0.280. The van der Waals surface area contributed by atoms with Gasteiger partial charge in [0.25, 0.3) is 5.91 Å². The molecule has 0 unspecified atom stereocenters. The number of rotatable bonds is 8. The Bertz CT molecular complexity index is 1140. The standard InChI is InChI=1S/C21H25ClF3N5O3S2/c1-10-12(19(32)33-4)17(35-15(10)18(31)29(2)3)27-20(34)26-8-5-9-30-14(11-6-7-11)13(22)16(28-30)21(23,24)25/h11H,5-9H2,1-4H3,(H2,26,27,34). The fourth-order valence-electron chi connectivity index (χ4n) is 3.49. The van der Waals surface area contributed by atoms with Crippen molar-refractivity contribution < 1.29 is 27.5 Å². The monoisotopic (exact) mass is 551 g/mol. The maximum atomic E-state index is 13.2. The van der Waals surface area contributed by atoms with Gasteiger partial charge in [-0.25, -0.2) is 4.79 Å². The first-order valence-electron chi connectivity index (χ1n) is 10.7. The van der Waals surface area contributed by atoms with Crippen LogP contribution >= 0.6 is 35.2 Å². The van der Waals surface area contributed by atoms with Gasteiger partial charge in [-0.1, -0.05) is 11.6 Å². The van der Waals surface area contributed by atoms with Crippen LogP contribution in [-0.4, -0.2) is 59.4 Å². The Kier molecular flexibility index (Phi) is 8.32. The summed E-state index contributed by atoms with van der Waals surface area (Å²) in [5.41, 5.74) is 0.0635. The largest absolute Gasteiger partial charge is 0.465 e. The summed E-state index contributed by atoms with van der Waals surface area (Å²) in [5.74, 6) is -0.864. The molecule has 0 aliphatic heterocycles. The SMILES string of the molecule is COC(=O)c1c(NC(=S)NCCCn2nc(C(F)(F)F)c(Cl)c2C2CC2)sc(C(=O)N(C)C)c1C. The molecule has 2 N–H and O–H groups in total. The molecule has 35 heavy (non-hydrogen) atoms. The highest BCUT2D eigenvalue weighted by Gasteiger charge is 2.41. The Morgan fingerprint density at radius 2 is 2.00 bits per heavy atom. The van der Waals surface area contributed by atoms with Gasteiger partial charge in [0.15, 0.2) is 10.8 Å². The van der Waals surface area contributed by atoms with Crippen LogP contribution < -0.4 is 10.6 Å². The van der Waals surface area contributed by atoms with Gasteiger partial charge in [-0.05, 0) is 44.0 Å². The van der Waals surface area contributed by atoms with Crippen LogP contribution in [0, 0.1) is 6.92 Å². The number of carbonyl (C=O) groups excluding carboxylic acids is 2. The van der Waals surface area contributed by atoms with Crippen molar-refractivity contribution in [2.75, 3.05) is 33.1 Å². The molecule has 2 aromatic heterocycles. The van der Waals surface area contributed by atoms with E-state index in [9.17, 15) is 22.8 Å².